The van der Waals surface area contributed by atoms with Crippen molar-refractivity contribution in [1.82, 2.24) is 34.7 Å². The quantitative estimate of drug-likeness (QED) is 0.104. The maximum Gasteiger partial charge on any atom is 0.357 e. The van der Waals surface area contributed by atoms with E-state index in [1.807, 2.05) is 0 Å². The van der Waals surface area contributed by atoms with Gasteiger partial charge >= 0.3 is 19.5 Å². The fourth-order valence-corrected chi connectivity index (χ4v) is 8.90. The monoisotopic (exact) mass is 869 g/mol. The van der Waals surface area contributed by atoms with Crippen molar-refractivity contribution in [3.05, 3.63) is 75.1 Å². The highest BCUT2D eigenvalue weighted by Gasteiger charge is 2.53. The van der Waals surface area contributed by atoms with Crippen LogP contribution in [-0.4, -0.2) is 111 Å². The molecule has 2 aliphatic rings. The Hall–Kier alpha value is -4.50. The number of anilines is 1. The van der Waals surface area contributed by atoms with Crippen LogP contribution in [0.4, 0.5) is 19.0 Å². The summed E-state index contributed by atoms with van der Waals surface area (Å²) in [5.41, 5.74) is 6.99. The zero-order valence-electron chi connectivity index (χ0n) is 31.6. The molecule has 4 aromatic rings. The summed E-state index contributed by atoms with van der Waals surface area (Å²) < 4.78 is 89.5. The number of hydrogen-bond donors (Lipinski definition) is 2. The number of esters is 2. The highest BCUT2D eigenvalue weighted by atomic mass is 35.5. The van der Waals surface area contributed by atoms with Gasteiger partial charge in [-0.2, -0.15) is 0 Å². The van der Waals surface area contributed by atoms with Gasteiger partial charge in [0, 0.05) is 40.9 Å². The lowest BCUT2D eigenvalue weighted by molar-refractivity contribution is -0.151. The second-order valence-electron chi connectivity index (χ2n) is 13.2. The first kappa shape index (κ1) is 43.1. The lowest BCUT2D eigenvalue weighted by Gasteiger charge is -2.29. The van der Waals surface area contributed by atoms with Crippen LogP contribution in [0, 0.1) is 5.82 Å². The largest absolute Gasteiger partial charge is 0.464 e. The predicted octanol–water partition coefficient (Wildman–Crippen LogP) is 5.13. The normalized spacial score (nSPS) is 20.3. The third-order valence-corrected chi connectivity index (χ3v) is 11.6. The third-order valence-electron chi connectivity index (χ3n) is 8.85. The van der Waals surface area contributed by atoms with E-state index in [1.54, 1.807) is 30.7 Å². The van der Waals surface area contributed by atoms with E-state index >= 15 is 8.78 Å². The number of ether oxygens (including phenoxy) is 3. The molecule has 0 spiro atoms. The number of halogens is 4. The number of thiazole rings is 1. The minimum Gasteiger partial charge on any atom is -0.464 e. The number of benzene rings is 1. The van der Waals surface area contributed by atoms with E-state index in [9.17, 15) is 18.5 Å². The first-order valence-electron chi connectivity index (χ1n) is 18.0. The second-order valence-corrected chi connectivity index (χ2v) is 16.4. The average Bonchev–Trinajstić information content (AvgIpc) is 3.91. The number of nitrogens with zero attached hydrogens (tertiary/aromatic N) is 7. The standard InChI is InChI=1S/C35H40ClF3N9O8PS/c1-5-52-33(49)20(4)55-57(51,18-54-19(3)12-48-17-44-28-29(40)42-16-43-31(28)48)56-25-14-47(15-35(25,38)39)13-24-26(34(50)53-6-2)27(22-8-7-21(37)11-23(22)36)46-30(45-24)32-41-9-10-58-32/h7-11,16-17,19-20,25,27H,5-6,12-15,18H2,1-4H3,(H,45,46)(H2,40,42,43)/t19-,20+,25?,27+,57?/m1/s1. The maximum absolute atomic E-state index is 16.0. The number of amidine groups is 1. The molecule has 6 rings (SSSR count). The summed E-state index contributed by atoms with van der Waals surface area (Å²) in [5, 5.41) is 5.15. The van der Waals surface area contributed by atoms with Crippen molar-refractivity contribution in [2.24, 2.45) is 4.99 Å². The summed E-state index contributed by atoms with van der Waals surface area (Å²) in [4.78, 5) is 48.7. The number of carbonyl (C=O) groups is 2. The van der Waals surface area contributed by atoms with Gasteiger partial charge in [-0.1, -0.05) is 17.7 Å². The number of nitrogens with one attached hydrogen (secondary N) is 1. The fraction of sp³-hybridized carbons (Fsp3) is 0.457. The fourth-order valence-electron chi connectivity index (χ4n) is 6.26. The lowest BCUT2D eigenvalue weighted by Crippen LogP contribution is -2.39. The number of likely N-dealkylation sites (tertiary alicyclic amines) is 1. The predicted molar refractivity (Wildman–Crippen MR) is 206 cm³/mol. The number of imidazole rings is 1. The van der Waals surface area contributed by atoms with Crippen LogP contribution in [0.5, 0.6) is 0 Å². The number of nitrogens with two attached hydrogens (primary N) is 1. The topological polar surface area (TPSA) is 208 Å². The highest BCUT2D eigenvalue weighted by molar-refractivity contribution is 7.53. The van der Waals surface area contributed by atoms with Gasteiger partial charge < -0.3 is 29.8 Å². The molecular formula is C35H40ClF3N9O8PS. The van der Waals surface area contributed by atoms with Gasteiger partial charge in [0.05, 0.1) is 44.3 Å². The number of carbonyl (C=O) groups excluding carboxylic acids is 2. The van der Waals surface area contributed by atoms with Crippen LogP contribution in [0.15, 0.2) is 58.7 Å². The number of alkyl halides is 2. The molecule has 3 aromatic heterocycles. The molecule has 17 nitrogen and oxygen atoms in total. The Kier molecular flexibility index (Phi) is 13.5. The van der Waals surface area contributed by atoms with Crippen LogP contribution in [0.2, 0.25) is 5.02 Å². The molecule has 3 N–H and O–H groups in total. The molecule has 5 heterocycles. The Morgan fingerprint density at radius 1 is 1.16 bits per heavy atom. The molecule has 5 atom stereocenters. The molecule has 2 aliphatic heterocycles. The zero-order valence-corrected chi connectivity index (χ0v) is 34.1. The molecule has 23 heteroatoms. The van der Waals surface area contributed by atoms with Crippen molar-refractivity contribution in [2.75, 3.05) is 44.9 Å². The van der Waals surface area contributed by atoms with E-state index in [0.29, 0.717) is 16.2 Å². The summed E-state index contributed by atoms with van der Waals surface area (Å²) in [6.07, 6.45) is -0.786. The van der Waals surface area contributed by atoms with Gasteiger partial charge in [-0.15, -0.1) is 11.3 Å². The minimum atomic E-state index is -4.66. The summed E-state index contributed by atoms with van der Waals surface area (Å²) >= 11 is 7.69. The molecule has 1 saturated heterocycles. The third kappa shape index (κ3) is 9.85. The second kappa shape index (κ2) is 18.2. The van der Waals surface area contributed by atoms with Crippen LogP contribution >= 0.6 is 30.5 Å². The van der Waals surface area contributed by atoms with Gasteiger partial charge in [0.1, 0.15) is 36.2 Å². The van der Waals surface area contributed by atoms with Gasteiger partial charge in [-0.05, 0) is 39.8 Å². The van der Waals surface area contributed by atoms with E-state index in [1.165, 1.54) is 48.1 Å². The van der Waals surface area contributed by atoms with E-state index in [2.05, 4.69) is 25.3 Å². The Bertz CT molecular complexity index is 2250. The van der Waals surface area contributed by atoms with Crippen molar-refractivity contribution in [3.63, 3.8) is 0 Å². The minimum absolute atomic E-state index is 0.0192. The maximum atomic E-state index is 16.0. The van der Waals surface area contributed by atoms with Crippen molar-refractivity contribution in [3.8, 4) is 0 Å². The van der Waals surface area contributed by atoms with Crippen LogP contribution in [0.1, 0.15) is 44.3 Å². The Morgan fingerprint density at radius 2 is 1.93 bits per heavy atom. The van der Waals surface area contributed by atoms with E-state index in [4.69, 9.17) is 45.6 Å². The van der Waals surface area contributed by atoms with Crippen molar-refractivity contribution >= 4 is 65.3 Å². The first-order chi connectivity index (χ1) is 27.6. The molecule has 0 radical (unpaired) electrons. The van der Waals surface area contributed by atoms with Crippen molar-refractivity contribution in [1.29, 1.82) is 0 Å². The van der Waals surface area contributed by atoms with E-state index in [0.717, 1.165) is 12.1 Å². The SMILES string of the molecule is CCOC(=O)C1=C(CN2CC(OP(=O)(CO[C@H](C)Cn3cnc4c(N)ncnc43)O[C@@H](C)C(=O)OCC)C(F)(F)C2)NC(c2nccs2)=N[C@H]1c1ccc(F)cc1Cl. The number of fused-ring (bicyclic) bond motifs is 1. The van der Waals surface area contributed by atoms with Gasteiger partial charge in [-0.25, -0.2) is 42.7 Å². The summed E-state index contributed by atoms with van der Waals surface area (Å²) in [7, 11) is -4.66. The summed E-state index contributed by atoms with van der Waals surface area (Å²) in [6, 6.07) is 2.47. The number of rotatable bonds is 17. The van der Waals surface area contributed by atoms with Crippen LogP contribution in [0.25, 0.3) is 11.2 Å². The average molecular weight is 870 g/mol. The van der Waals surface area contributed by atoms with Gasteiger partial charge in [0.15, 0.2) is 28.4 Å². The summed E-state index contributed by atoms with van der Waals surface area (Å²) in [5.74, 6) is -5.58. The Labute approximate surface area is 339 Å². The lowest BCUT2D eigenvalue weighted by atomic mass is 9.95. The molecule has 2 unspecified atom stereocenters. The zero-order chi connectivity index (χ0) is 41.8. The molecule has 0 bridgehead atoms. The van der Waals surface area contributed by atoms with Gasteiger partial charge in [0.25, 0.3) is 5.92 Å². The number of aliphatic imine (C=N–C) groups is 1. The molecule has 0 aliphatic carbocycles. The molecule has 312 valence electrons. The van der Waals surface area contributed by atoms with Gasteiger partial charge in [0.2, 0.25) is 0 Å². The molecular weight excluding hydrogens is 830 g/mol. The smallest absolute Gasteiger partial charge is 0.357 e. The first-order valence-corrected chi connectivity index (χ1v) is 20.9. The number of aromatic nitrogens is 5. The van der Waals surface area contributed by atoms with Crippen LogP contribution < -0.4 is 11.1 Å². The Morgan fingerprint density at radius 3 is 2.64 bits per heavy atom. The van der Waals surface area contributed by atoms with Crippen LogP contribution in [0.3, 0.4) is 0 Å². The highest BCUT2D eigenvalue weighted by Crippen LogP contribution is 2.53. The molecule has 58 heavy (non-hydrogen) atoms. The van der Waals surface area contributed by atoms with Crippen LogP contribution in [-0.2, 0) is 44.0 Å². The Balaban J connectivity index is 1.26. The summed E-state index contributed by atoms with van der Waals surface area (Å²) in [6.45, 7) is 4.38. The molecule has 1 fully saturated rings. The van der Waals surface area contributed by atoms with Gasteiger partial charge in [-0.3, -0.25) is 23.5 Å². The molecule has 1 aromatic carbocycles. The number of hydrogen-bond acceptors (Lipinski definition) is 17. The molecule has 0 amide bonds. The number of nitrogen functional groups attached to an aromatic ring is 1. The van der Waals surface area contributed by atoms with E-state index < -0.39 is 75.1 Å². The van der Waals surface area contributed by atoms with Crippen molar-refractivity contribution < 1.29 is 50.6 Å². The molecule has 0 saturated carbocycles. The van der Waals surface area contributed by atoms with Crippen molar-refractivity contribution in [2.45, 2.75) is 64.5 Å². The van der Waals surface area contributed by atoms with E-state index in [-0.39, 0.29) is 59.8 Å².